The molecule has 2 heteroatoms. The Balaban J connectivity index is 2.31. The predicted octanol–water partition coefficient (Wildman–Crippen LogP) is 2.74. The minimum atomic E-state index is 0.677. The zero-order valence-electron chi connectivity index (χ0n) is 11.8. The van der Waals surface area contributed by atoms with E-state index in [0.29, 0.717) is 6.04 Å². The maximum atomic E-state index is 3.58. The highest BCUT2D eigenvalue weighted by Crippen LogP contribution is 2.24. The third-order valence-electron chi connectivity index (χ3n) is 3.98. The molecule has 0 amide bonds. The van der Waals surface area contributed by atoms with Gasteiger partial charge in [0, 0.05) is 18.6 Å². The summed E-state index contributed by atoms with van der Waals surface area (Å²) in [5.74, 6) is 1.62. The van der Waals surface area contributed by atoms with E-state index in [1.165, 1.54) is 19.4 Å². The maximum absolute atomic E-state index is 3.58. The van der Waals surface area contributed by atoms with Crippen LogP contribution in [0.5, 0.6) is 0 Å². The van der Waals surface area contributed by atoms with Crippen molar-refractivity contribution in [1.29, 1.82) is 0 Å². The fourth-order valence-electron chi connectivity index (χ4n) is 2.69. The SMILES string of the molecule is CC(C)CNCC(C)N1CCCC(C)C1C. The quantitative estimate of drug-likeness (QED) is 0.775. The van der Waals surface area contributed by atoms with E-state index >= 15 is 0 Å². The van der Waals surface area contributed by atoms with Crippen molar-refractivity contribution in [2.75, 3.05) is 19.6 Å². The smallest absolute Gasteiger partial charge is 0.0195 e. The minimum absolute atomic E-state index is 0.677. The first kappa shape index (κ1) is 14.0. The summed E-state index contributed by atoms with van der Waals surface area (Å²) < 4.78 is 0. The summed E-state index contributed by atoms with van der Waals surface area (Å²) >= 11 is 0. The third kappa shape index (κ3) is 4.06. The molecule has 96 valence electrons. The van der Waals surface area contributed by atoms with E-state index in [9.17, 15) is 0 Å². The second kappa shape index (κ2) is 6.61. The van der Waals surface area contributed by atoms with E-state index in [4.69, 9.17) is 0 Å². The van der Waals surface area contributed by atoms with E-state index in [2.05, 4.69) is 44.8 Å². The highest BCUT2D eigenvalue weighted by Gasteiger charge is 2.27. The topological polar surface area (TPSA) is 15.3 Å². The average Bonchev–Trinajstić information content (AvgIpc) is 2.21. The molecule has 3 atom stereocenters. The van der Waals surface area contributed by atoms with Gasteiger partial charge < -0.3 is 5.32 Å². The van der Waals surface area contributed by atoms with Crippen LogP contribution >= 0.6 is 0 Å². The highest BCUT2D eigenvalue weighted by atomic mass is 15.2. The van der Waals surface area contributed by atoms with E-state index in [1.54, 1.807) is 0 Å². The number of piperidine rings is 1. The number of rotatable bonds is 5. The number of nitrogens with one attached hydrogen (secondary N) is 1. The molecule has 0 aromatic rings. The lowest BCUT2D eigenvalue weighted by atomic mass is 9.91. The zero-order valence-corrected chi connectivity index (χ0v) is 11.8. The molecule has 0 aliphatic carbocycles. The van der Waals surface area contributed by atoms with Crippen LogP contribution in [0.25, 0.3) is 0 Å². The van der Waals surface area contributed by atoms with Gasteiger partial charge in [0.25, 0.3) is 0 Å². The van der Waals surface area contributed by atoms with Gasteiger partial charge in [-0.1, -0.05) is 20.8 Å². The number of hydrogen-bond acceptors (Lipinski definition) is 2. The van der Waals surface area contributed by atoms with Gasteiger partial charge in [-0.2, -0.15) is 0 Å². The second-order valence-corrected chi connectivity index (χ2v) is 6.00. The van der Waals surface area contributed by atoms with Crippen molar-refractivity contribution < 1.29 is 0 Å². The Kier molecular flexibility index (Phi) is 5.77. The van der Waals surface area contributed by atoms with Crippen molar-refractivity contribution in [2.24, 2.45) is 11.8 Å². The summed E-state index contributed by atoms with van der Waals surface area (Å²) in [4.78, 5) is 2.68. The Morgan fingerprint density at radius 3 is 2.50 bits per heavy atom. The van der Waals surface area contributed by atoms with Crippen molar-refractivity contribution in [1.82, 2.24) is 10.2 Å². The lowest BCUT2D eigenvalue weighted by molar-refractivity contribution is 0.0749. The van der Waals surface area contributed by atoms with Crippen LogP contribution in [0.1, 0.15) is 47.5 Å². The van der Waals surface area contributed by atoms with Gasteiger partial charge in [-0.3, -0.25) is 4.90 Å². The maximum Gasteiger partial charge on any atom is 0.0195 e. The molecule has 1 saturated heterocycles. The van der Waals surface area contributed by atoms with E-state index in [1.807, 2.05) is 0 Å². The first-order chi connectivity index (χ1) is 7.52. The minimum Gasteiger partial charge on any atom is -0.315 e. The molecule has 1 heterocycles. The predicted molar refractivity (Wildman–Crippen MR) is 71.7 cm³/mol. The summed E-state index contributed by atoms with van der Waals surface area (Å²) in [7, 11) is 0. The Morgan fingerprint density at radius 2 is 1.88 bits per heavy atom. The first-order valence-electron chi connectivity index (χ1n) is 6.98. The molecule has 0 radical (unpaired) electrons. The molecule has 0 saturated carbocycles. The molecule has 0 aromatic carbocycles. The van der Waals surface area contributed by atoms with Gasteiger partial charge in [-0.05, 0) is 51.6 Å². The molecule has 2 nitrogen and oxygen atoms in total. The van der Waals surface area contributed by atoms with Crippen LogP contribution in [-0.4, -0.2) is 36.6 Å². The van der Waals surface area contributed by atoms with Crippen LogP contribution in [0, 0.1) is 11.8 Å². The molecule has 1 aliphatic rings. The summed E-state index contributed by atoms with van der Waals surface area (Å²) in [6, 6.07) is 1.43. The molecular weight excluding hydrogens is 196 g/mol. The van der Waals surface area contributed by atoms with Crippen molar-refractivity contribution in [3.05, 3.63) is 0 Å². The monoisotopic (exact) mass is 226 g/mol. The number of likely N-dealkylation sites (tertiary alicyclic amines) is 1. The number of nitrogens with zero attached hydrogens (tertiary/aromatic N) is 1. The lowest BCUT2D eigenvalue weighted by Crippen LogP contribution is -2.50. The van der Waals surface area contributed by atoms with Gasteiger partial charge in [-0.25, -0.2) is 0 Å². The fraction of sp³-hybridized carbons (Fsp3) is 1.00. The molecule has 16 heavy (non-hydrogen) atoms. The van der Waals surface area contributed by atoms with E-state index in [-0.39, 0.29) is 0 Å². The van der Waals surface area contributed by atoms with Gasteiger partial charge in [0.05, 0.1) is 0 Å². The van der Waals surface area contributed by atoms with Gasteiger partial charge >= 0.3 is 0 Å². The molecular formula is C14H30N2. The van der Waals surface area contributed by atoms with Gasteiger partial charge in [0.2, 0.25) is 0 Å². The third-order valence-corrected chi connectivity index (χ3v) is 3.98. The molecule has 1 fully saturated rings. The lowest BCUT2D eigenvalue weighted by Gasteiger charge is -2.41. The van der Waals surface area contributed by atoms with Crippen molar-refractivity contribution in [3.63, 3.8) is 0 Å². The summed E-state index contributed by atoms with van der Waals surface area (Å²) in [5, 5.41) is 3.58. The molecule has 0 spiro atoms. The van der Waals surface area contributed by atoms with Crippen LogP contribution in [-0.2, 0) is 0 Å². The largest absolute Gasteiger partial charge is 0.315 e. The average molecular weight is 226 g/mol. The van der Waals surface area contributed by atoms with Gasteiger partial charge in [0.1, 0.15) is 0 Å². The fourth-order valence-corrected chi connectivity index (χ4v) is 2.69. The van der Waals surface area contributed by atoms with Crippen molar-refractivity contribution in [3.8, 4) is 0 Å². The van der Waals surface area contributed by atoms with Crippen LogP contribution in [0.4, 0.5) is 0 Å². The molecule has 1 aliphatic heterocycles. The van der Waals surface area contributed by atoms with Crippen LogP contribution in [0.3, 0.4) is 0 Å². The summed E-state index contributed by atoms with van der Waals surface area (Å²) in [6.45, 7) is 15.2. The van der Waals surface area contributed by atoms with Gasteiger partial charge in [-0.15, -0.1) is 0 Å². The van der Waals surface area contributed by atoms with Crippen LogP contribution in [0.15, 0.2) is 0 Å². The normalized spacial score (nSPS) is 29.6. The summed E-state index contributed by atoms with van der Waals surface area (Å²) in [5.41, 5.74) is 0. The highest BCUT2D eigenvalue weighted by molar-refractivity contribution is 4.83. The second-order valence-electron chi connectivity index (χ2n) is 6.00. The Hall–Kier alpha value is -0.0800. The van der Waals surface area contributed by atoms with Crippen LogP contribution in [0.2, 0.25) is 0 Å². The molecule has 0 aromatic heterocycles. The number of hydrogen-bond donors (Lipinski definition) is 1. The Bertz CT molecular complexity index is 191. The van der Waals surface area contributed by atoms with Crippen LogP contribution < -0.4 is 5.32 Å². The summed E-state index contributed by atoms with van der Waals surface area (Å²) in [6.07, 6.45) is 2.78. The Morgan fingerprint density at radius 1 is 1.19 bits per heavy atom. The van der Waals surface area contributed by atoms with Crippen molar-refractivity contribution in [2.45, 2.75) is 59.5 Å². The van der Waals surface area contributed by atoms with Crippen molar-refractivity contribution >= 4 is 0 Å². The van der Waals surface area contributed by atoms with E-state index < -0.39 is 0 Å². The Labute approximate surface area is 102 Å². The van der Waals surface area contributed by atoms with Gasteiger partial charge in [0.15, 0.2) is 0 Å². The molecule has 1 N–H and O–H groups in total. The van der Waals surface area contributed by atoms with E-state index in [0.717, 1.165) is 31.0 Å². The first-order valence-corrected chi connectivity index (χ1v) is 6.98. The standard InChI is InChI=1S/C14H30N2/c1-11(2)9-15-10-13(4)16-8-6-7-12(3)14(16)5/h11-15H,6-10H2,1-5H3. The molecule has 1 rings (SSSR count). The molecule has 3 unspecified atom stereocenters. The molecule has 0 bridgehead atoms. The zero-order chi connectivity index (χ0) is 12.1.